The van der Waals surface area contributed by atoms with Gasteiger partial charge in [0.15, 0.2) is 11.5 Å². The number of aromatic hydroxyl groups is 1. The second-order valence-corrected chi connectivity index (χ2v) is 3.93. The van der Waals surface area contributed by atoms with Crippen LogP contribution in [-0.2, 0) is 4.79 Å². The molecule has 0 unspecified atom stereocenters. The number of likely N-dealkylation sites (N-methyl/N-ethyl adjacent to an activating group) is 1. The van der Waals surface area contributed by atoms with Gasteiger partial charge >= 0.3 is 0 Å². The fourth-order valence-electron chi connectivity index (χ4n) is 1.30. The Labute approximate surface area is 106 Å². The van der Waals surface area contributed by atoms with Gasteiger partial charge < -0.3 is 14.7 Å². The van der Waals surface area contributed by atoms with Crippen LogP contribution in [0.1, 0.15) is 5.56 Å². The Morgan fingerprint density at radius 1 is 1.56 bits per heavy atom. The molecule has 2 N–H and O–H groups in total. The topological polar surface area (TPSA) is 74.2 Å². The van der Waals surface area contributed by atoms with Crippen molar-refractivity contribution in [2.45, 2.75) is 0 Å². The van der Waals surface area contributed by atoms with Gasteiger partial charge in [0.2, 0.25) is 0 Å². The number of phenols is 1. The van der Waals surface area contributed by atoms with Crippen LogP contribution in [0.4, 0.5) is 0 Å². The summed E-state index contributed by atoms with van der Waals surface area (Å²) in [5.41, 5.74) is 2.84. The molecule has 0 spiro atoms. The molecule has 0 saturated heterocycles. The molecule has 0 heterocycles. The molecule has 0 saturated carbocycles. The van der Waals surface area contributed by atoms with E-state index in [0.29, 0.717) is 11.3 Å². The van der Waals surface area contributed by atoms with Crippen LogP contribution < -0.4 is 10.2 Å². The lowest BCUT2D eigenvalue weighted by molar-refractivity contribution is -0.121. The maximum Gasteiger partial charge on any atom is 0.254 e. The molecule has 1 aromatic carbocycles. The first-order valence-corrected chi connectivity index (χ1v) is 5.37. The van der Waals surface area contributed by atoms with Gasteiger partial charge in [-0.25, -0.2) is 5.43 Å². The normalized spacial score (nSPS) is 10.9. The van der Waals surface area contributed by atoms with Gasteiger partial charge in [-0.2, -0.15) is 5.10 Å². The number of para-hydroxylation sites is 1. The first kappa shape index (κ1) is 14.0. The van der Waals surface area contributed by atoms with Crippen LogP contribution in [0.3, 0.4) is 0 Å². The largest absolute Gasteiger partial charge is 0.504 e. The summed E-state index contributed by atoms with van der Waals surface area (Å²) in [5, 5.41) is 13.5. The van der Waals surface area contributed by atoms with Crippen molar-refractivity contribution in [3.63, 3.8) is 0 Å². The van der Waals surface area contributed by atoms with E-state index in [1.807, 2.05) is 0 Å². The minimum absolute atomic E-state index is 0.00870. The van der Waals surface area contributed by atoms with Crippen molar-refractivity contribution < 1.29 is 14.6 Å². The van der Waals surface area contributed by atoms with Gasteiger partial charge in [-0.3, -0.25) is 4.79 Å². The van der Waals surface area contributed by atoms with Gasteiger partial charge in [0.1, 0.15) is 0 Å². The molecule has 6 nitrogen and oxygen atoms in total. The zero-order valence-corrected chi connectivity index (χ0v) is 10.7. The van der Waals surface area contributed by atoms with Gasteiger partial charge in [0, 0.05) is 5.56 Å². The summed E-state index contributed by atoms with van der Waals surface area (Å²) in [5.74, 6) is 0.128. The standard InChI is InChI=1S/C12H17N3O3/c1-15(2)8-11(16)14-13-7-9-5-4-6-10(18-3)12(9)17/h4-7,17H,8H2,1-3H3,(H,14,16)/b13-7+. The number of hydrogen-bond donors (Lipinski definition) is 2. The third kappa shape index (κ3) is 4.06. The number of hydrogen-bond acceptors (Lipinski definition) is 5. The Morgan fingerprint density at radius 3 is 2.89 bits per heavy atom. The number of nitrogens with one attached hydrogen (secondary N) is 1. The van der Waals surface area contributed by atoms with Crippen LogP contribution in [0.15, 0.2) is 23.3 Å². The average Bonchev–Trinajstić information content (AvgIpc) is 2.30. The molecule has 0 bridgehead atoms. The zero-order valence-electron chi connectivity index (χ0n) is 10.7. The van der Waals surface area contributed by atoms with Crippen molar-refractivity contribution >= 4 is 12.1 Å². The molecule has 0 aliphatic rings. The summed E-state index contributed by atoms with van der Waals surface area (Å²) >= 11 is 0. The Kier molecular flexibility index (Phi) is 5.13. The van der Waals surface area contributed by atoms with E-state index < -0.39 is 0 Å². The smallest absolute Gasteiger partial charge is 0.254 e. The number of phenolic OH excluding ortho intramolecular Hbond substituents is 1. The summed E-state index contributed by atoms with van der Waals surface area (Å²) in [6, 6.07) is 5.03. The Bertz CT molecular complexity index is 444. The van der Waals surface area contributed by atoms with E-state index in [0.717, 1.165) is 0 Å². The van der Waals surface area contributed by atoms with Gasteiger partial charge in [0.25, 0.3) is 5.91 Å². The SMILES string of the molecule is COc1cccc(/C=N/NC(=O)CN(C)C)c1O. The van der Waals surface area contributed by atoms with Crippen molar-refractivity contribution in [3.8, 4) is 11.5 Å². The summed E-state index contributed by atoms with van der Waals surface area (Å²) < 4.78 is 4.96. The number of nitrogens with zero attached hydrogens (tertiary/aromatic N) is 2. The number of rotatable bonds is 5. The van der Waals surface area contributed by atoms with E-state index in [1.165, 1.54) is 13.3 Å². The van der Waals surface area contributed by atoms with E-state index in [1.54, 1.807) is 37.2 Å². The monoisotopic (exact) mass is 251 g/mol. The molecule has 6 heteroatoms. The Hall–Kier alpha value is -2.08. The van der Waals surface area contributed by atoms with Gasteiger partial charge in [-0.1, -0.05) is 6.07 Å². The molecule has 98 valence electrons. The molecular formula is C12H17N3O3. The van der Waals surface area contributed by atoms with E-state index >= 15 is 0 Å². The Morgan fingerprint density at radius 2 is 2.28 bits per heavy atom. The molecule has 1 rings (SSSR count). The van der Waals surface area contributed by atoms with Crippen LogP contribution >= 0.6 is 0 Å². The van der Waals surface area contributed by atoms with E-state index in [4.69, 9.17) is 4.74 Å². The maximum atomic E-state index is 11.3. The highest BCUT2D eigenvalue weighted by Gasteiger charge is 2.05. The number of amides is 1. The van der Waals surface area contributed by atoms with Crippen molar-refractivity contribution in [1.29, 1.82) is 0 Å². The number of methoxy groups -OCH3 is 1. The first-order valence-electron chi connectivity index (χ1n) is 5.37. The van der Waals surface area contributed by atoms with Crippen molar-refractivity contribution in [3.05, 3.63) is 23.8 Å². The second-order valence-electron chi connectivity index (χ2n) is 3.93. The van der Waals surface area contributed by atoms with E-state index in [9.17, 15) is 9.90 Å². The number of carbonyl (C=O) groups is 1. The van der Waals surface area contributed by atoms with Crippen LogP contribution in [0, 0.1) is 0 Å². The maximum absolute atomic E-state index is 11.3. The molecule has 0 fully saturated rings. The van der Waals surface area contributed by atoms with Crippen molar-refractivity contribution in [2.24, 2.45) is 5.10 Å². The van der Waals surface area contributed by atoms with Crippen LogP contribution in [0.5, 0.6) is 11.5 Å². The minimum Gasteiger partial charge on any atom is -0.504 e. The van der Waals surface area contributed by atoms with E-state index in [2.05, 4.69) is 10.5 Å². The van der Waals surface area contributed by atoms with Crippen LogP contribution in [0.25, 0.3) is 0 Å². The second kappa shape index (κ2) is 6.61. The molecular weight excluding hydrogens is 234 g/mol. The van der Waals surface area contributed by atoms with Gasteiger partial charge in [-0.05, 0) is 26.2 Å². The molecule has 0 aliphatic carbocycles. The van der Waals surface area contributed by atoms with Crippen LogP contribution in [0.2, 0.25) is 0 Å². The quantitative estimate of drug-likeness (QED) is 0.587. The lowest BCUT2D eigenvalue weighted by atomic mass is 10.2. The molecule has 0 radical (unpaired) electrons. The Balaban J connectivity index is 2.65. The summed E-state index contributed by atoms with van der Waals surface area (Å²) in [7, 11) is 5.04. The predicted octanol–water partition coefficient (Wildman–Crippen LogP) is 0.412. The number of ether oxygens (including phenoxy) is 1. The van der Waals surface area contributed by atoms with Crippen molar-refractivity contribution in [2.75, 3.05) is 27.7 Å². The predicted molar refractivity (Wildman–Crippen MR) is 68.9 cm³/mol. The molecule has 18 heavy (non-hydrogen) atoms. The highest BCUT2D eigenvalue weighted by atomic mass is 16.5. The molecule has 0 atom stereocenters. The number of benzene rings is 1. The molecule has 0 aliphatic heterocycles. The molecule has 1 amide bonds. The minimum atomic E-state index is -0.223. The number of carbonyl (C=O) groups excluding carboxylic acids is 1. The lowest BCUT2D eigenvalue weighted by Crippen LogP contribution is -2.30. The molecule has 0 aromatic heterocycles. The third-order valence-electron chi connectivity index (χ3n) is 2.10. The van der Waals surface area contributed by atoms with Crippen LogP contribution in [-0.4, -0.2) is 49.9 Å². The van der Waals surface area contributed by atoms with Crippen molar-refractivity contribution in [1.82, 2.24) is 10.3 Å². The summed E-state index contributed by atoms with van der Waals surface area (Å²) in [6.07, 6.45) is 1.37. The lowest BCUT2D eigenvalue weighted by Gasteiger charge is -2.07. The third-order valence-corrected chi connectivity index (χ3v) is 2.10. The summed E-state index contributed by atoms with van der Waals surface area (Å²) in [4.78, 5) is 13.0. The molecule has 1 aromatic rings. The van der Waals surface area contributed by atoms with Gasteiger partial charge in [-0.15, -0.1) is 0 Å². The first-order chi connectivity index (χ1) is 8.54. The fourth-order valence-corrected chi connectivity index (χ4v) is 1.30. The zero-order chi connectivity index (χ0) is 13.5. The van der Waals surface area contributed by atoms with Gasteiger partial charge in [0.05, 0.1) is 19.9 Å². The average molecular weight is 251 g/mol. The number of hydrazone groups is 1. The highest BCUT2D eigenvalue weighted by molar-refractivity contribution is 5.86. The summed E-state index contributed by atoms with van der Waals surface area (Å²) in [6.45, 7) is 0.251. The fraction of sp³-hybridized carbons (Fsp3) is 0.333. The van der Waals surface area contributed by atoms with E-state index in [-0.39, 0.29) is 18.2 Å². The highest BCUT2D eigenvalue weighted by Crippen LogP contribution is 2.27.